The van der Waals surface area contributed by atoms with E-state index in [2.05, 4.69) is 0 Å². The van der Waals surface area contributed by atoms with E-state index in [1.807, 2.05) is 6.07 Å². The largest absolute Gasteiger partial charge is 1.00 e. The van der Waals surface area contributed by atoms with Gasteiger partial charge in [-0.2, -0.15) is 0 Å². The number of fused-ring (bicyclic) bond motifs is 5. The summed E-state index contributed by atoms with van der Waals surface area (Å²) in [5, 5.41) is 12.6. The van der Waals surface area contributed by atoms with Crippen molar-refractivity contribution in [3.8, 4) is 11.3 Å². The number of Topliss-reactive ketones (excluding diaryl/α,β-unsaturated/α-hetero) is 2. The van der Waals surface area contributed by atoms with Crippen LogP contribution in [0.1, 0.15) is 31.8 Å². The molecule has 0 radical (unpaired) electrons. The second kappa shape index (κ2) is 5.73. The number of benzene rings is 2. The van der Waals surface area contributed by atoms with E-state index in [4.69, 9.17) is 4.42 Å². The first kappa shape index (κ1) is 16.1. The molecule has 23 heavy (non-hydrogen) atoms. The quantitative estimate of drug-likeness (QED) is 0.455. The molecule has 0 saturated heterocycles. The number of hydrogen-bond acceptors (Lipinski definition) is 4. The Balaban J connectivity index is 0.00000156. The minimum Gasteiger partial charge on any atom is -0.851 e. The van der Waals surface area contributed by atoms with E-state index < -0.39 is 11.6 Å². The van der Waals surface area contributed by atoms with Gasteiger partial charge in [0.1, 0.15) is 5.76 Å². The molecule has 0 saturated carbocycles. The van der Waals surface area contributed by atoms with Gasteiger partial charge in [-0.25, -0.2) is 0 Å². The summed E-state index contributed by atoms with van der Waals surface area (Å²) in [6.07, 6.45) is 1.49. The molecule has 1 aromatic heterocycles. The van der Waals surface area contributed by atoms with Gasteiger partial charge >= 0.3 is 29.6 Å². The molecule has 1 heterocycles. The summed E-state index contributed by atoms with van der Waals surface area (Å²) in [6.45, 7) is 1.37. The van der Waals surface area contributed by atoms with E-state index in [9.17, 15) is 14.7 Å². The van der Waals surface area contributed by atoms with Crippen molar-refractivity contribution in [2.24, 2.45) is 0 Å². The zero-order chi connectivity index (χ0) is 15.4. The minimum atomic E-state index is -0.547. The van der Waals surface area contributed by atoms with Crippen molar-refractivity contribution in [3.63, 3.8) is 0 Å². The predicted octanol–water partition coefficient (Wildman–Crippen LogP) is -0.348. The van der Waals surface area contributed by atoms with Gasteiger partial charge in [-0.1, -0.05) is 29.8 Å². The van der Waals surface area contributed by atoms with Gasteiger partial charge in [0.05, 0.1) is 11.8 Å². The van der Waals surface area contributed by atoms with Gasteiger partial charge < -0.3 is 9.52 Å². The van der Waals surface area contributed by atoms with Crippen LogP contribution < -0.4 is 34.7 Å². The smallest absolute Gasteiger partial charge is 0.851 e. The molecule has 0 amide bonds. The number of ketones is 2. The average molecular weight is 314 g/mol. The first-order valence-electron chi connectivity index (χ1n) is 6.93. The monoisotopic (exact) mass is 314 g/mol. The van der Waals surface area contributed by atoms with Crippen molar-refractivity contribution in [1.82, 2.24) is 0 Å². The first-order valence-corrected chi connectivity index (χ1v) is 6.93. The molecule has 0 aliphatic heterocycles. The fourth-order valence-electron chi connectivity index (χ4n) is 3.13. The molecule has 5 heteroatoms. The van der Waals surface area contributed by atoms with Crippen LogP contribution in [-0.4, -0.2) is 11.6 Å². The zero-order valence-corrected chi connectivity index (χ0v) is 14.8. The molecule has 0 bridgehead atoms. The number of carbonyl (C=O) groups is 2. The standard InChI is InChI=1S/C18H11O4.Na/c1-9-8-22-18-13-6-5-11-10(7-19)3-2-4-12(11)15(13)17(21)16(20)14(9)18;/h2-6,8H,7H2,1H3;/q-1;+1. The average Bonchev–Trinajstić information content (AvgIpc) is 2.93. The van der Waals surface area contributed by atoms with Gasteiger partial charge in [0.2, 0.25) is 11.6 Å². The van der Waals surface area contributed by atoms with E-state index >= 15 is 0 Å². The summed E-state index contributed by atoms with van der Waals surface area (Å²) >= 11 is 0. The normalized spacial score (nSPS) is 12.8. The van der Waals surface area contributed by atoms with Crippen LogP contribution in [0, 0.1) is 6.92 Å². The Morgan fingerprint density at radius 2 is 1.74 bits per heavy atom. The van der Waals surface area contributed by atoms with E-state index in [-0.39, 0.29) is 36.2 Å². The Hall–Kier alpha value is -1.72. The second-order valence-electron chi connectivity index (χ2n) is 5.43. The third kappa shape index (κ3) is 2.14. The van der Waals surface area contributed by atoms with E-state index in [1.54, 1.807) is 31.2 Å². The molecule has 3 aromatic rings. The summed E-state index contributed by atoms with van der Waals surface area (Å²) in [5.41, 5.74) is 2.56. The Bertz CT molecular complexity index is 969. The van der Waals surface area contributed by atoms with Crippen LogP contribution in [0.4, 0.5) is 0 Å². The zero-order valence-electron chi connectivity index (χ0n) is 12.8. The summed E-state index contributed by atoms with van der Waals surface area (Å²) in [5.74, 6) is -0.652. The van der Waals surface area contributed by atoms with Crippen molar-refractivity contribution in [2.45, 2.75) is 13.5 Å². The second-order valence-corrected chi connectivity index (χ2v) is 5.43. The maximum Gasteiger partial charge on any atom is 1.00 e. The van der Waals surface area contributed by atoms with E-state index in [1.165, 1.54) is 6.26 Å². The summed E-state index contributed by atoms with van der Waals surface area (Å²) < 4.78 is 5.50. The van der Waals surface area contributed by atoms with Crippen LogP contribution in [0.3, 0.4) is 0 Å². The van der Waals surface area contributed by atoms with Crippen molar-refractivity contribution in [1.29, 1.82) is 0 Å². The van der Waals surface area contributed by atoms with Gasteiger partial charge in [0.25, 0.3) is 0 Å². The molecule has 0 fully saturated rings. The first-order chi connectivity index (χ1) is 10.6. The fourth-order valence-corrected chi connectivity index (χ4v) is 3.13. The van der Waals surface area contributed by atoms with Gasteiger partial charge in [-0.3, -0.25) is 9.59 Å². The molecule has 4 nitrogen and oxygen atoms in total. The van der Waals surface area contributed by atoms with Crippen molar-refractivity contribution in [2.75, 3.05) is 0 Å². The Kier molecular flexibility index (Phi) is 4.02. The molecule has 0 unspecified atom stereocenters. The van der Waals surface area contributed by atoms with Crippen molar-refractivity contribution in [3.05, 3.63) is 58.8 Å². The van der Waals surface area contributed by atoms with Crippen LogP contribution in [0.2, 0.25) is 0 Å². The van der Waals surface area contributed by atoms with Gasteiger partial charge in [0.15, 0.2) is 0 Å². The minimum absolute atomic E-state index is 0. The Morgan fingerprint density at radius 3 is 2.48 bits per heavy atom. The third-order valence-electron chi connectivity index (χ3n) is 4.19. The van der Waals surface area contributed by atoms with Crippen molar-refractivity contribution >= 4 is 22.3 Å². The number of rotatable bonds is 1. The molecule has 108 valence electrons. The molecule has 2 aromatic carbocycles. The van der Waals surface area contributed by atoms with E-state index in [0.29, 0.717) is 44.3 Å². The van der Waals surface area contributed by atoms with Crippen LogP contribution in [-0.2, 0) is 6.61 Å². The SMILES string of the molecule is Cc1coc2c1C(=O)C(=O)c1c-2ccc2c(C[O-])cccc12.[Na+]. The molecular weight excluding hydrogens is 303 g/mol. The fraction of sp³-hybridized carbons (Fsp3) is 0.111. The maximum absolute atomic E-state index is 12.6. The number of furan rings is 1. The molecule has 0 spiro atoms. The van der Waals surface area contributed by atoms with Gasteiger partial charge in [-0.15, -0.1) is 6.61 Å². The topological polar surface area (TPSA) is 70.3 Å². The summed E-state index contributed by atoms with van der Waals surface area (Å²) in [6, 6.07) is 8.80. The summed E-state index contributed by atoms with van der Waals surface area (Å²) in [7, 11) is 0. The van der Waals surface area contributed by atoms with Crippen LogP contribution >= 0.6 is 0 Å². The predicted molar refractivity (Wildman–Crippen MR) is 78.8 cm³/mol. The Labute approximate surface area is 154 Å². The third-order valence-corrected chi connectivity index (χ3v) is 4.19. The molecule has 0 N–H and O–H groups in total. The maximum atomic E-state index is 12.6. The number of aryl methyl sites for hydroxylation is 1. The Morgan fingerprint density at radius 1 is 1.00 bits per heavy atom. The summed E-state index contributed by atoms with van der Waals surface area (Å²) in [4.78, 5) is 25.0. The number of hydrogen-bond donors (Lipinski definition) is 0. The van der Waals surface area contributed by atoms with Crippen LogP contribution in [0.15, 0.2) is 41.0 Å². The van der Waals surface area contributed by atoms with Crippen molar-refractivity contribution < 1.29 is 48.7 Å². The number of carbonyl (C=O) groups excluding carboxylic acids is 2. The van der Waals surface area contributed by atoms with Gasteiger partial charge in [-0.05, 0) is 29.3 Å². The molecule has 4 rings (SSSR count). The van der Waals surface area contributed by atoms with Crippen LogP contribution in [0.25, 0.3) is 22.1 Å². The molecule has 0 atom stereocenters. The van der Waals surface area contributed by atoms with E-state index in [0.717, 1.165) is 0 Å². The molecular formula is C18H11NaO4. The molecule has 1 aliphatic carbocycles. The molecule has 1 aliphatic rings. The van der Waals surface area contributed by atoms with Crippen LogP contribution in [0.5, 0.6) is 0 Å². The van der Waals surface area contributed by atoms with Gasteiger partial charge in [0, 0.05) is 11.1 Å².